The summed E-state index contributed by atoms with van der Waals surface area (Å²) in [7, 11) is 0. The zero-order valence-electron chi connectivity index (χ0n) is 10.1. The molecule has 0 unspecified atom stereocenters. The molecule has 9 heteroatoms. The van der Waals surface area contributed by atoms with Crippen molar-refractivity contribution >= 4 is 46.4 Å². The van der Waals surface area contributed by atoms with Gasteiger partial charge in [-0.15, -0.1) is 5.10 Å². The van der Waals surface area contributed by atoms with E-state index in [9.17, 15) is 4.79 Å². The molecule has 0 aliphatic rings. The van der Waals surface area contributed by atoms with Crippen molar-refractivity contribution < 1.29 is 4.79 Å². The number of amides is 1. The predicted octanol–water partition coefficient (Wildman–Crippen LogP) is 2.34. The van der Waals surface area contributed by atoms with E-state index in [1.54, 1.807) is 6.20 Å². The fourth-order valence-electron chi connectivity index (χ4n) is 1.50. The molecule has 2 aromatic rings. The molecule has 1 amide bonds. The molecular formula is C11H10Cl3N5O. The summed E-state index contributed by atoms with van der Waals surface area (Å²) in [6, 6.07) is 2.99. The quantitative estimate of drug-likeness (QED) is 0.898. The number of aromatic nitrogens is 3. The molecule has 0 fully saturated rings. The van der Waals surface area contributed by atoms with Gasteiger partial charge in [0, 0.05) is 11.6 Å². The Kier molecular flexibility index (Phi) is 4.82. The molecule has 0 atom stereocenters. The summed E-state index contributed by atoms with van der Waals surface area (Å²) >= 11 is 17.7. The lowest BCUT2D eigenvalue weighted by Crippen LogP contribution is -2.19. The van der Waals surface area contributed by atoms with Gasteiger partial charge in [-0.3, -0.25) is 4.79 Å². The van der Waals surface area contributed by atoms with Crippen molar-refractivity contribution in [2.45, 2.75) is 13.1 Å². The first kappa shape index (κ1) is 15.1. The highest BCUT2D eigenvalue weighted by Crippen LogP contribution is 2.33. The van der Waals surface area contributed by atoms with Crippen molar-refractivity contribution in [3.8, 4) is 0 Å². The Morgan fingerprint density at radius 2 is 1.95 bits per heavy atom. The number of carbonyl (C=O) groups excluding carboxylic acids is 1. The van der Waals surface area contributed by atoms with Crippen molar-refractivity contribution in [2.24, 2.45) is 5.73 Å². The third-order valence-electron chi connectivity index (χ3n) is 2.37. The van der Waals surface area contributed by atoms with Gasteiger partial charge in [-0.2, -0.15) is 0 Å². The smallest absolute Gasteiger partial charge is 0.246 e. The molecule has 20 heavy (non-hydrogen) atoms. The lowest BCUT2D eigenvalue weighted by molar-refractivity contribution is -0.116. The van der Waals surface area contributed by atoms with Gasteiger partial charge in [0.2, 0.25) is 5.91 Å². The van der Waals surface area contributed by atoms with E-state index in [1.807, 2.05) is 0 Å². The summed E-state index contributed by atoms with van der Waals surface area (Å²) in [6.07, 6.45) is 1.59. The SMILES string of the molecule is NCc1cn(CC(=O)Nc2c(Cl)cc(Cl)cc2Cl)nn1. The largest absolute Gasteiger partial charge is 0.325 e. The summed E-state index contributed by atoms with van der Waals surface area (Å²) in [5.74, 6) is -0.343. The summed E-state index contributed by atoms with van der Waals surface area (Å²) in [5.41, 5.74) is 6.31. The van der Waals surface area contributed by atoms with Crippen LogP contribution in [-0.2, 0) is 17.9 Å². The van der Waals surface area contributed by atoms with Crippen LogP contribution in [0.25, 0.3) is 0 Å². The first-order valence-electron chi connectivity index (χ1n) is 5.53. The van der Waals surface area contributed by atoms with Crippen molar-refractivity contribution in [1.82, 2.24) is 15.0 Å². The summed E-state index contributed by atoms with van der Waals surface area (Å²) in [6.45, 7) is 0.235. The monoisotopic (exact) mass is 333 g/mol. The first-order valence-corrected chi connectivity index (χ1v) is 6.66. The normalized spacial score (nSPS) is 10.6. The van der Waals surface area contributed by atoms with Crippen molar-refractivity contribution in [2.75, 3.05) is 5.32 Å². The maximum absolute atomic E-state index is 11.9. The summed E-state index contributed by atoms with van der Waals surface area (Å²) < 4.78 is 1.37. The average Bonchev–Trinajstić information content (AvgIpc) is 2.81. The Morgan fingerprint density at radius 3 is 2.50 bits per heavy atom. The average molecular weight is 335 g/mol. The van der Waals surface area contributed by atoms with E-state index in [1.165, 1.54) is 16.8 Å². The van der Waals surface area contributed by atoms with E-state index in [-0.39, 0.29) is 29.0 Å². The van der Waals surface area contributed by atoms with Crippen LogP contribution in [0.2, 0.25) is 15.1 Å². The number of nitrogens with two attached hydrogens (primary N) is 1. The van der Waals surface area contributed by atoms with Gasteiger partial charge < -0.3 is 11.1 Å². The predicted molar refractivity (Wildman–Crippen MR) is 78.0 cm³/mol. The molecule has 0 saturated carbocycles. The Bertz CT molecular complexity index is 620. The molecule has 0 aliphatic carbocycles. The van der Waals surface area contributed by atoms with Crippen LogP contribution in [0.4, 0.5) is 5.69 Å². The Balaban J connectivity index is 2.08. The van der Waals surface area contributed by atoms with E-state index in [2.05, 4.69) is 15.6 Å². The molecule has 1 aromatic carbocycles. The molecule has 2 rings (SSSR count). The minimum atomic E-state index is -0.343. The topological polar surface area (TPSA) is 85.8 Å². The molecular weight excluding hydrogens is 325 g/mol. The highest BCUT2D eigenvalue weighted by Gasteiger charge is 2.12. The maximum atomic E-state index is 11.9. The van der Waals surface area contributed by atoms with Crippen molar-refractivity contribution in [3.05, 3.63) is 39.1 Å². The fourth-order valence-corrected chi connectivity index (χ4v) is 2.41. The van der Waals surface area contributed by atoms with Crippen LogP contribution in [0.15, 0.2) is 18.3 Å². The second-order valence-corrected chi connectivity index (χ2v) is 5.16. The van der Waals surface area contributed by atoms with E-state index in [0.717, 1.165) is 0 Å². The molecule has 0 spiro atoms. The Morgan fingerprint density at radius 1 is 1.30 bits per heavy atom. The molecule has 6 nitrogen and oxygen atoms in total. The number of benzene rings is 1. The Labute approximate surface area is 129 Å². The highest BCUT2D eigenvalue weighted by atomic mass is 35.5. The minimum absolute atomic E-state index is 0.0255. The molecule has 0 bridgehead atoms. The van der Waals surface area contributed by atoms with E-state index >= 15 is 0 Å². The van der Waals surface area contributed by atoms with Crippen LogP contribution in [0.5, 0.6) is 0 Å². The zero-order valence-corrected chi connectivity index (χ0v) is 12.4. The number of nitrogens with zero attached hydrogens (tertiary/aromatic N) is 3. The molecule has 0 saturated heterocycles. The summed E-state index contributed by atoms with van der Waals surface area (Å²) in [5, 5.41) is 11.1. The molecule has 1 aromatic heterocycles. The number of hydrogen-bond donors (Lipinski definition) is 2. The molecule has 0 radical (unpaired) electrons. The standard InChI is InChI=1S/C11H10Cl3N5O/c12-6-1-8(13)11(9(14)2-6)16-10(20)5-19-4-7(3-15)17-18-19/h1-2,4H,3,5,15H2,(H,16,20). The second-order valence-electron chi connectivity index (χ2n) is 3.90. The molecule has 106 valence electrons. The van der Waals surface area contributed by atoms with E-state index < -0.39 is 0 Å². The fraction of sp³-hybridized carbons (Fsp3) is 0.182. The van der Waals surface area contributed by atoms with Crippen molar-refractivity contribution in [3.63, 3.8) is 0 Å². The van der Waals surface area contributed by atoms with Gasteiger partial charge in [0.25, 0.3) is 0 Å². The number of rotatable bonds is 4. The van der Waals surface area contributed by atoms with E-state index in [4.69, 9.17) is 40.5 Å². The highest BCUT2D eigenvalue weighted by molar-refractivity contribution is 6.42. The number of halogens is 3. The number of carbonyl (C=O) groups is 1. The van der Waals surface area contributed by atoms with Crippen LogP contribution < -0.4 is 11.1 Å². The number of nitrogens with one attached hydrogen (secondary N) is 1. The summed E-state index contributed by atoms with van der Waals surface area (Å²) in [4.78, 5) is 11.9. The lowest BCUT2D eigenvalue weighted by atomic mass is 10.3. The minimum Gasteiger partial charge on any atom is -0.325 e. The number of hydrogen-bond acceptors (Lipinski definition) is 4. The molecule has 1 heterocycles. The van der Waals surface area contributed by atoms with Gasteiger partial charge in [-0.25, -0.2) is 4.68 Å². The van der Waals surface area contributed by atoms with Gasteiger partial charge in [-0.05, 0) is 12.1 Å². The molecule has 0 aliphatic heterocycles. The lowest BCUT2D eigenvalue weighted by Gasteiger charge is -2.09. The van der Waals surface area contributed by atoms with Gasteiger partial charge in [-0.1, -0.05) is 40.0 Å². The van der Waals surface area contributed by atoms with Crippen molar-refractivity contribution in [1.29, 1.82) is 0 Å². The van der Waals surface area contributed by atoms with Gasteiger partial charge in [0.15, 0.2) is 0 Å². The first-order chi connectivity index (χ1) is 9.49. The number of anilines is 1. The van der Waals surface area contributed by atoms with Gasteiger partial charge in [0.05, 0.1) is 27.6 Å². The maximum Gasteiger partial charge on any atom is 0.246 e. The Hall–Kier alpha value is -1.34. The van der Waals surface area contributed by atoms with Crippen LogP contribution in [0.3, 0.4) is 0 Å². The van der Waals surface area contributed by atoms with Gasteiger partial charge >= 0.3 is 0 Å². The third-order valence-corrected chi connectivity index (χ3v) is 3.19. The zero-order chi connectivity index (χ0) is 14.7. The second kappa shape index (κ2) is 6.41. The molecule has 3 N–H and O–H groups in total. The third kappa shape index (κ3) is 3.61. The van der Waals surface area contributed by atoms with Crippen LogP contribution in [-0.4, -0.2) is 20.9 Å². The van der Waals surface area contributed by atoms with Crippen LogP contribution in [0, 0.1) is 0 Å². The van der Waals surface area contributed by atoms with E-state index in [0.29, 0.717) is 16.4 Å². The van der Waals surface area contributed by atoms with Gasteiger partial charge in [0.1, 0.15) is 6.54 Å². The van der Waals surface area contributed by atoms with Crippen LogP contribution in [0.1, 0.15) is 5.69 Å². The van der Waals surface area contributed by atoms with Crippen LogP contribution >= 0.6 is 34.8 Å².